The molecule has 0 bridgehead atoms. The number of allylic oxidation sites excluding steroid dienone is 3. The molecule has 3 atom stereocenters. The Balaban J connectivity index is 0.947. The second kappa shape index (κ2) is 13.4. The first kappa shape index (κ1) is 33.3. The average Bonchev–Trinajstić information content (AvgIpc) is 3.88. The standard InChI is InChI=1S/C53H35N3OS/c1-3-13-34(14-4-1)50-42-30-29-38-37-20-11-19-36(51(37)57-52(38)49(42)39-17-7-9-22-43(39)54-50)32-25-27-33(28-26-32)44-31-45(56-53(55-44)35-15-5-2-6-16-35)40-21-12-24-47-48(40)41-18-8-10-23-46(41)58-47/h1-30,40,45,48H,31H2. The van der Waals surface area contributed by atoms with Crippen molar-refractivity contribution in [3.63, 3.8) is 0 Å². The summed E-state index contributed by atoms with van der Waals surface area (Å²) in [7, 11) is 0. The molecule has 3 aliphatic rings. The molecule has 7 aromatic carbocycles. The van der Waals surface area contributed by atoms with Crippen molar-refractivity contribution in [2.45, 2.75) is 23.3 Å². The topological polar surface area (TPSA) is 50.8 Å². The Labute approximate surface area is 340 Å². The maximum atomic E-state index is 7.02. The lowest BCUT2D eigenvalue weighted by Gasteiger charge is -2.32. The van der Waals surface area contributed by atoms with E-state index in [1.165, 1.54) is 15.4 Å². The Kier molecular flexibility index (Phi) is 7.70. The molecule has 3 unspecified atom stereocenters. The summed E-state index contributed by atoms with van der Waals surface area (Å²) in [5.74, 6) is 1.34. The van der Waals surface area contributed by atoms with E-state index < -0.39 is 0 Å². The fourth-order valence-electron chi connectivity index (χ4n) is 9.36. The number of thioether (sulfide) groups is 1. The van der Waals surface area contributed by atoms with Crippen LogP contribution in [0, 0.1) is 5.92 Å². The van der Waals surface area contributed by atoms with Gasteiger partial charge in [-0.15, -0.1) is 0 Å². The molecule has 0 saturated carbocycles. The summed E-state index contributed by atoms with van der Waals surface area (Å²) < 4.78 is 7.02. The van der Waals surface area contributed by atoms with E-state index in [0.29, 0.717) is 5.92 Å². The molecule has 2 aromatic heterocycles. The van der Waals surface area contributed by atoms with Gasteiger partial charge in [0.05, 0.1) is 23.0 Å². The smallest absolute Gasteiger partial charge is 0.155 e. The van der Waals surface area contributed by atoms with Crippen LogP contribution in [0.5, 0.6) is 0 Å². The molecular formula is C53H35N3OS. The van der Waals surface area contributed by atoms with Crippen molar-refractivity contribution in [2.24, 2.45) is 15.9 Å². The van der Waals surface area contributed by atoms with E-state index >= 15 is 0 Å². The molecule has 9 aromatic rings. The van der Waals surface area contributed by atoms with Crippen molar-refractivity contribution < 1.29 is 4.42 Å². The Morgan fingerprint density at radius 2 is 1.28 bits per heavy atom. The first-order valence-electron chi connectivity index (χ1n) is 19.9. The van der Waals surface area contributed by atoms with Crippen molar-refractivity contribution in [3.05, 3.63) is 204 Å². The first-order chi connectivity index (χ1) is 28.7. The van der Waals surface area contributed by atoms with E-state index in [-0.39, 0.29) is 12.0 Å². The second-order valence-corrected chi connectivity index (χ2v) is 16.5. The Morgan fingerprint density at radius 3 is 2.14 bits per heavy atom. The minimum Gasteiger partial charge on any atom is -0.455 e. The van der Waals surface area contributed by atoms with Crippen molar-refractivity contribution >= 4 is 66.9 Å². The lowest BCUT2D eigenvalue weighted by atomic mass is 9.76. The van der Waals surface area contributed by atoms with Gasteiger partial charge in [-0.3, -0.25) is 4.99 Å². The van der Waals surface area contributed by atoms with E-state index in [2.05, 4.69) is 170 Å². The minimum absolute atomic E-state index is 0.0481. The fourth-order valence-corrected chi connectivity index (χ4v) is 10.6. The molecule has 0 fully saturated rings. The van der Waals surface area contributed by atoms with Crippen molar-refractivity contribution in [3.8, 4) is 22.4 Å². The number of furan rings is 1. The molecule has 0 amide bonds. The highest BCUT2D eigenvalue weighted by Crippen LogP contribution is 2.55. The second-order valence-electron chi connectivity index (χ2n) is 15.4. The number of para-hydroxylation sites is 2. The number of aromatic nitrogens is 1. The van der Waals surface area contributed by atoms with Gasteiger partial charge in [0, 0.05) is 66.8 Å². The predicted octanol–water partition coefficient (Wildman–Crippen LogP) is 13.6. The number of aliphatic imine (C=N–C) groups is 2. The molecule has 1 aliphatic carbocycles. The lowest BCUT2D eigenvalue weighted by Crippen LogP contribution is -2.31. The van der Waals surface area contributed by atoms with E-state index in [1.807, 2.05) is 23.9 Å². The summed E-state index contributed by atoms with van der Waals surface area (Å²) in [6.45, 7) is 0. The fraction of sp³-hybridized carbons (Fsp3) is 0.0755. The van der Waals surface area contributed by atoms with Crippen LogP contribution >= 0.6 is 11.8 Å². The van der Waals surface area contributed by atoms with Crippen LogP contribution in [0.1, 0.15) is 29.0 Å². The molecule has 2 aliphatic heterocycles. The zero-order valence-electron chi connectivity index (χ0n) is 31.4. The van der Waals surface area contributed by atoms with Gasteiger partial charge < -0.3 is 4.42 Å². The average molecular weight is 762 g/mol. The highest BCUT2D eigenvalue weighted by atomic mass is 32.2. The number of benzene rings is 7. The van der Waals surface area contributed by atoms with Gasteiger partial charge in [0.25, 0.3) is 0 Å². The van der Waals surface area contributed by atoms with Crippen LogP contribution in [-0.4, -0.2) is 22.6 Å². The van der Waals surface area contributed by atoms with Gasteiger partial charge in [-0.05, 0) is 39.8 Å². The number of pyridine rings is 1. The molecule has 5 heteroatoms. The minimum atomic E-state index is 0.0481. The Bertz CT molecular complexity index is 3230. The summed E-state index contributed by atoms with van der Waals surface area (Å²) in [4.78, 5) is 18.6. The predicted molar refractivity (Wildman–Crippen MR) is 241 cm³/mol. The molecule has 0 radical (unpaired) electrons. The van der Waals surface area contributed by atoms with Crippen LogP contribution in [0.3, 0.4) is 0 Å². The van der Waals surface area contributed by atoms with E-state index in [0.717, 1.165) is 95.1 Å². The van der Waals surface area contributed by atoms with Crippen LogP contribution in [0.4, 0.5) is 0 Å². The van der Waals surface area contributed by atoms with E-state index in [1.54, 1.807) is 0 Å². The maximum absolute atomic E-state index is 7.02. The number of hydrogen-bond donors (Lipinski definition) is 0. The molecule has 58 heavy (non-hydrogen) atoms. The number of nitrogens with zero attached hydrogens (tertiary/aromatic N) is 3. The third-order valence-corrected chi connectivity index (χ3v) is 13.3. The van der Waals surface area contributed by atoms with E-state index in [4.69, 9.17) is 19.4 Å². The maximum Gasteiger partial charge on any atom is 0.155 e. The van der Waals surface area contributed by atoms with Gasteiger partial charge in [-0.2, -0.15) is 0 Å². The highest BCUT2D eigenvalue weighted by molar-refractivity contribution is 8.03. The first-order valence-corrected chi connectivity index (χ1v) is 20.8. The third-order valence-electron chi connectivity index (χ3n) is 12.1. The number of hydrogen-bond acceptors (Lipinski definition) is 5. The SMILES string of the molecule is C1=CC(C2CC(c3ccc(-c4cccc5c4oc4c5ccc5c(-c6ccccc6)nc6ccccc6c54)cc3)=NC(c3ccccc3)=N2)C2C(=C1)Sc1ccccc12. The largest absolute Gasteiger partial charge is 0.455 e. The van der Waals surface area contributed by atoms with Crippen molar-refractivity contribution in [2.75, 3.05) is 0 Å². The summed E-state index contributed by atoms with van der Waals surface area (Å²) in [5, 5.41) is 5.47. The monoisotopic (exact) mass is 761 g/mol. The van der Waals surface area contributed by atoms with E-state index in [9.17, 15) is 0 Å². The van der Waals surface area contributed by atoms with Crippen molar-refractivity contribution in [1.29, 1.82) is 0 Å². The van der Waals surface area contributed by atoms with Crippen LogP contribution in [-0.2, 0) is 0 Å². The Hall–Kier alpha value is -6.82. The Morgan fingerprint density at radius 1 is 0.569 bits per heavy atom. The molecule has 4 nitrogen and oxygen atoms in total. The number of fused-ring (bicyclic) bond motifs is 10. The van der Waals surface area contributed by atoms with Crippen LogP contribution < -0.4 is 0 Å². The van der Waals surface area contributed by atoms with Gasteiger partial charge in [0.15, 0.2) is 5.84 Å². The molecule has 0 spiro atoms. The summed E-state index contributed by atoms with van der Waals surface area (Å²) in [6.07, 6.45) is 7.66. The molecule has 0 N–H and O–H groups in total. The van der Waals surface area contributed by atoms with Crippen LogP contribution in [0.15, 0.2) is 206 Å². The summed E-state index contributed by atoms with van der Waals surface area (Å²) >= 11 is 1.90. The van der Waals surface area contributed by atoms with Gasteiger partial charge in [0.1, 0.15) is 11.2 Å². The third kappa shape index (κ3) is 5.34. The zero-order chi connectivity index (χ0) is 38.2. The summed E-state index contributed by atoms with van der Waals surface area (Å²) in [6, 6.07) is 58.0. The lowest BCUT2D eigenvalue weighted by molar-refractivity contribution is 0.465. The summed E-state index contributed by atoms with van der Waals surface area (Å²) in [5.41, 5.74) is 11.6. The van der Waals surface area contributed by atoms with Gasteiger partial charge >= 0.3 is 0 Å². The highest BCUT2D eigenvalue weighted by Gasteiger charge is 2.40. The quantitative estimate of drug-likeness (QED) is 0.164. The van der Waals surface area contributed by atoms with Crippen LogP contribution in [0.25, 0.3) is 66.0 Å². The molecule has 4 heterocycles. The molecular weight excluding hydrogens is 727 g/mol. The normalized spacial score (nSPS) is 18.6. The number of amidine groups is 1. The number of rotatable bonds is 5. The van der Waals surface area contributed by atoms with Crippen LogP contribution in [0.2, 0.25) is 0 Å². The molecule has 0 saturated heterocycles. The van der Waals surface area contributed by atoms with Gasteiger partial charge in [-0.25, -0.2) is 9.98 Å². The van der Waals surface area contributed by atoms with Gasteiger partial charge in [0.2, 0.25) is 0 Å². The zero-order valence-corrected chi connectivity index (χ0v) is 32.2. The molecule has 12 rings (SSSR count). The molecule has 274 valence electrons. The van der Waals surface area contributed by atoms with Gasteiger partial charge in [-0.1, -0.05) is 176 Å². The van der Waals surface area contributed by atoms with Crippen molar-refractivity contribution in [1.82, 2.24) is 4.98 Å².